The quantitative estimate of drug-likeness (QED) is 0.872. The minimum atomic E-state index is 0.886. The monoisotopic (exact) mass is 225 g/mol. The average Bonchev–Trinajstić information content (AvgIpc) is 2.74. The molecular weight excluding hydrogens is 214 g/mol. The van der Waals surface area contributed by atoms with Gasteiger partial charge in [0.2, 0.25) is 5.13 Å². The molecule has 0 saturated heterocycles. The van der Waals surface area contributed by atoms with Gasteiger partial charge in [-0.1, -0.05) is 11.3 Å². The maximum Gasteiger partial charge on any atom is 0.205 e. The van der Waals surface area contributed by atoms with E-state index in [0.717, 1.165) is 16.7 Å². The molecule has 0 bridgehead atoms. The lowest BCUT2D eigenvalue weighted by Crippen LogP contribution is -1.94. The predicted octanol–water partition coefficient (Wildman–Crippen LogP) is 3.01. The maximum absolute atomic E-state index is 4.13. The third-order valence-electron chi connectivity index (χ3n) is 1.73. The SMILES string of the molecule is CCNc1nnc(-c2csc(C)c2)s1. The standard InChI is InChI=1S/C9H11N3S2/c1-3-10-9-12-11-8(14-9)7-4-6(2)13-5-7/h4-5H,3H2,1-2H3,(H,10,12). The van der Waals surface area contributed by atoms with Gasteiger partial charge in [0.15, 0.2) is 0 Å². The summed E-state index contributed by atoms with van der Waals surface area (Å²) in [5.74, 6) is 0. The molecule has 0 unspecified atom stereocenters. The molecule has 2 rings (SSSR count). The van der Waals surface area contributed by atoms with Crippen LogP contribution in [-0.2, 0) is 0 Å². The Morgan fingerprint density at radius 2 is 2.29 bits per heavy atom. The summed E-state index contributed by atoms with van der Waals surface area (Å²) in [5.41, 5.74) is 1.18. The first-order valence-electron chi connectivity index (χ1n) is 4.42. The lowest BCUT2D eigenvalue weighted by Gasteiger charge is -1.91. The Bertz CT molecular complexity index is 419. The molecule has 0 aliphatic carbocycles. The Balaban J connectivity index is 2.24. The van der Waals surface area contributed by atoms with Crippen LogP contribution in [0, 0.1) is 6.92 Å². The summed E-state index contributed by atoms with van der Waals surface area (Å²) in [7, 11) is 0. The van der Waals surface area contributed by atoms with Crippen molar-refractivity contribution in [2.45, 2.75) is 13.8 Å². The highest BCUT2D eigenvalue weighted by atomic mass is 32.1. The van der Waals surface area contributed by atoms with Crippen molar-refractivity contribution in [3.63, 3.8) is 0 Å². The number of anilines is 1. The minimum absolute atomic E-state index is 0.886. The third-order valence-corrected chi connectivity index (χ3v) is 3.52. The second-order valence-electron chi connectivity index (χ2n) is 2.89. The van der Waals surface area contributed by atoms with E-state index in [2.05, 4.69) is 40.8 Å². The van der Waals surface area contributed by atoms with Crippen LogP contribution in [-0.4, -0.2) is 16.7 Å². The summed E-state index contributed by atoms with van der Waals surface area (Å²) in [5, 5.41) is 15.3. The highest BCUT2D eigenvalue weighted by molar-refractivity contribution is 7.19. The lowest BCUT2D eigenvalue weighted by molar-refractivity contribution is 1.07. The first kappa shape index (κ1) is 9.61. The van der Waals surface area contributed by atoms with Crippen molar-refractivity contribution < 1.29 is 0 Å². The summed E-state index contributed by atoms with van der Waals surface area (Å²) in [6.45, 7) is 5.04. The summed E-state index contributed by atoms with van der Waals surface area (Å²) in [6, 6.07) is 2.14. The number of nitrogens with zero attached hydrogens (tertiary/aromatic N) is 2. The van der Waals surface area contributed by atoms with Crippen LogP contribution in [0.3, 0.4) is 0 Å². The molecule has 0 spiro atoms. The number of hydrogen-bond donors (Lipinski definition) is 1. The number of nitrogens with one attached hydrogen (secondary N) is 1. The smallest absolute Gasteiger partial charge is 0.205 e. The molecular formula is C9H11N3S2. The van der Waals surface area contributed by atoms with Crippen LogP contribution < -0.4 is 5.32 Å². The van der Waals surface area contributed by atoms with Gasteiger partial charge in [-0.15, -0.1) is 21.5 Å². The lowest BCUT2D eigenvalue weighted by atomic mass is 10.3. The number of rotatable bonds is 3. The number of thiophene rings is 1. The van der Waals surface area contributed by atoms with Gasteiger partial charge in [-0.05, 0) is 19.9 Å². The number of aryl methyl sites for hydroxylation is 1. The second kappa shape index (κ2) is 4.06. The van der Waals surface area contributed by atoms with E-state index < -0.39 is 0 Å². The molecule has 0 radical (unpaired) electrons. The van der Waals surface area contributed by atoms with Gasteiger partial charge in [0.05, 0.1) is 0 Å². The van der Waals surface area contributed by atoms with E-state index in [0.29, 0.717) is 0 Å². The van der Waals surface area contributed by atoms with E-state index >= 15 is 0 Å². The normalized spacial score (nSPS) is 10.4. The Morgan fingerprint density at radius 1 is 1.43 bits per heavy atom. The van der Waals surface area contributed by atoms with E-state index in [-0.39, 0.29) is 0 Å². The van der Waals surface area contributed by atoms with Gasteiger partial charge in [0, 0.05) is 22.4 Å². The van der Waals surface area contributed by atoms with Crippen molar-refractivity contribution in [2.75, 3.05) is 11.9 Å². The van der Waals surface area contributed by atoms with Gasteiger partial charge < -0.3 is 5.32 Å². The van der Waals surface area contributed by atoms with E-state index in [1.807, 2.05) is 0 Å². The average molecular weight is 225 g/mol. The predicted molar refractivity (Wildman–Crippen MR) is 62.1 cm³/mol. The van der Waals surface area contributed by atoms with Crippen molar-refractivity contribution >= 4 is 27.8 Å². The summed E-state index contributed by atoms with van der Waals surface area (Å²) in [4.78, 5) is 1.31. The van der Waals surface area contributed by atoms with Gasteiger partial charge in [0.25, 0.3) is 0 Å². The summed E-state index contributed by atoms with van der Waals surface area (Å²) < 4.78 is 0. The largest absolute Gasteiger partial charge is 0.360 e. The zero-order valence-corrected chi connectivity index (χ0v) is 9.71. The Morgan fingerprint density at radius 3 is 2.93 bits per heavy atom. The molecule has 0 atom stereocenters. The maximum atomic E-state index is 4.13. The van der Waals surface area contributed by atoms with Crippen LogP contribution >= 0.6 is 22.7 Å². The highest BCUT2D eigenvalue weighted by Gasteiger charge is 2.06. The van der Waals surface area contributed by atoms with E-state index in [1.165, 1.54) is 10.4 Å². The molecule has 3 nitrogen and oxygen atoms in total. The molecule has 2 aromatic heterocycles. The Labute approximate surface area is 90.8 Å². The van der Waals surface area contributed by atoms with Crippen LogP contribution in [0.4, 0.5) is 5.13 Å². The van der Waals surface area contributed by atoms with Gasteiger partial charge in [-0.3, -0.25) is 0 Å². The molecule has 0 aliphatic rings. The van der Waals surface area contributed by atoms with Crippen LogP contribution in [0.15, 0.2) is 11.4 Å². The zero-order chi connectivity index (χ0) is 9.97. The van der Waals surface area contributed by atoms with E-state index in [9.17, 15) is 0 Å². The molecule has 0 aliphatic heterocycles. The van der Waals surface area contributed by atoms with Crippen LogP contribution in [0.2, 0.25) is 0 Å². The second-order valence-corrected chi connectivity index (χ2v) is 4.98. The van der Waals surface area contributed by atoms with Gasteiger partial charge in [0.1, 0.15) is 5.01 Å². The first-order valence-corrected chi connectivity index (χ1v) is 6.12. The zero-order valence-electron chi connectivity index (χ0n) is 8.07. The molecule has 0 aromatic carbocycles. The molecule has 0 saturated carbocycles. The molecule has 74 valence electrons. The van der Waals surface area contributed by atoms with Crippen molar-refractivity contribution in [1.29, 1.82) is 0 Å². The third kappa shape index (κ3) is 1.93. The van der Waals surface area contributed by atoms with Crippen molar-refractivity contribution in [3.05, 3.63) is 16.3 Å². The Kier molecular flexibility index (Phi) is 2.79. The van der Waals surface area contributed by atoms with Gasteiger partial charge in [-0.25, -0.2) is 0 Å². The molecule has 14 heavy (non-hydrogen) atoms. The summed E-state index contributed by atoms with van der Waals surface area (Å²) >= 11 is 3.34. The fourth-order valence-corrected chi connectivity index (χ4v) is 2.68. The van der Waals surface area contributed by atoms with Gasteiger partial charge in [-0.2, -0.15) is 0 Å². The highest BCUT2D eigenvalue weighted by Crippen LogP contribution is 2.29. The van der Waals surface area contributed by atoms with Crippen molar-refractivity contribution in [2.24, 2.45) is 0 Å². The fourth-order valence-electron chi connectivity index (χ4n) is 1.12. The number of hydrogen-bond acceptors (Lipinski definition) is 5. The van der Waals surface area contributed by atoms with Crippen LogP contribution in [0.5, 0.6) is 0 Å². The molecule has 0 amide bonds. The van der Waals surface area contributed by atoms with Crippen LogP contribution in [0.25, 0.3) is 10.6 Å². The molecule has 2 aromatic rings. The molecule has 0 fully saturated rings. The minimum Gasteiger partial charge on any atom is -0.360 e. The number of aromatic nitrogens is 2. The topological polar surface area (TPSA) is 37.8 Å². The fraction of sp³-hybridized carbons (Fsp3) is 0.333. The summed E-state index contributed by atoms with van der Waals surface area (Å²) in [6.07, 6.45) is 0. The van der Waals surface area contributed by atoms with E-state index in [4.69, 9.17) is 0 Å². The molecule has 5 heteroatoms. The van der Waals surface area contributed by atoms with Crippen molar-refractivity contribution in [1.82, 2.24) is 10.2 Å². The first-order chi connectivity index (χ1) is 6.79. The van der Waals surface area contributed by atoms with Crippen LogP contribution in [0.1, 0.15) is 11.8 Å². The molecule has 1 N–H and O–H groups in total. The van der Waals surface area contributed by atoms with Gasteiger partial charge >= 0.3 is 0 Å². The Hall–Kier alpha value is -0.940. The molecule has 2 heterocycles. The van der Waals surface area contributed by atoms with Crippen molar-refractivity contribution in [3.8, 4) is 10.6 Å². The van der Waals surface area contributed by atoms with E-state index in [1.54, 1.807) is 22.7 Å².